The lowest BCUT2D eigenvalue weighted by Crippen LogP contribution is -1.85. The van der Waals surface area contributed by atoms with Crippen molar-refractivity contribution in [2.75, 3.05) is 0 Å². The van der Waals surface area contributed by atoms with Crippen LogP contribution in [0.3, 0.4) is 0 Å². The fraction of sp³-hybridized carbons (Fsp3) is 0. The van der Waals surface area contributed by atoms with Crippen molar-refractivity contribution in [2.45, 2.75) is 0 Å². The zero-order valence-corrected chi connectivity index (χ0v) is 8.44. The van der Waals surface area contributed by atoms with Crippen LogP contribution in [0, 0.1) is 18.1 Å². The minimum Gasteiger partial charge on any atom is -0.508 e. The summed E-state index contributed by atoms with van der Waals surface area (Å²) in [6, 6.07) is 7.44. The summed E-state index contributed by atoms with van der Waals surface area (Å²) in [6.45, 7) is 0. The fourth-order valence-corrected chi connectivity index (χ4v) is 1.42. The van der Waals surface area contributed by atoms with Gasteiger partial charge in [-0.05, 0) is 29.7 Å². The van der Waals surface area contributed by atoms with E-state index in [0.717, 1.165) is 0 Å². The third-order valence-corrected chi connectivity index (χ3v) is 2.08. The number of halogens is 2. The van der Waals surface area contributed by atoms with E-state index in [9.17, 15) is 9.50 Å². The van der Waals surface area contributed by atoms with Gasteiger partial charge in [0.1, 0.15) is 12.9 Å². The van der Waals surface area contributed by atoms with E-state index >= 15 is 0 Å². The van der Waals surface area contributed by atoms with Crippen LogP contribution in [-0.4, -0.2) is 5.11 Å². The molecular weight excluding hydrogens is 215 g/mol. The van der Waals surface area contributed by atoms with Crippen LogP contribution < -0.4 is 0 Å². The van der Waals surface area contributed by atoms with Gasteiger partial charge in [-0.2, -0.15) is 0 Å². The maximum absolute atomic E-state index is 13.4. The number of fused-ring (bicyclic) bond motifs is 1. The second-order valence-electron chi connectivity index (χ2n) is 2.95. The van der Waals surface area contributed by atoms with Crippen molar-refractivity contribution in [3.05, 3.63) is 41.7 Å². The zero-order valence-electron chi connectivity index (χ0n) is 8.62. The molecule has 0 aliphatic heterocycles. The van der Waals surface area contributed by atoms with Crippen molar-refractivity contribution in [3.8, 4) is 18.1 Å². The molecule has 0 fully saturated rings. The Morgan fingerprint density at radius 1 is 1.33 bits per heavy atom. The first-order valence-corrected chi connectivity index (χ1v) is 4.06. The highest BCUT2D eigenvalue weighted by Gasteiger charge is 2.04. The van der Waals surface area contributed by atoms with E-state index in [4.69, 9.17) is 1.37 Å². The molecule has 0 radical (unpaired) electrons. The second-order valence-corrected chi connectivity index (χ2v) is 2.95. The van der Waals surface area contributed by atoms with Crippen LogP contribution in [-0.2, 0) is 0 Å². The first-order chi connectivity index (χ1) is 7.22. The van der Waals surface area contributed by atoms with Gasteiger partial charge in [0, 0.05) is 5.39 Å². The predicted octanol–water partition coefficient (Wildman–Crippen LogP) is 3.09. The number of phenolic OH excluding ortho intramolecular Hbond substituents is 1. The van der Waals surface area contributed by atoms with Crippen molar-refractivity contribution >= 4 is 23.2 Å². The second kappa shape index (κ2) is 4.20. The van der Waals surface area contributed by atoms with E-state index in [1.54, 1.807) is 12.1 Å². The summed E-state index contributed by atoms with van der Waals surface area (Å²) in [5.74, 6) is 2.07. The van der Waals surface area contributed by atoms with Gasteiger partial charge in [0.15, 0.2) is 0 Å². The Morgan fingerprint density at radius 2 is 2.13 bits per heavy atom. The first-order valence-electron chi connectivity index (χ1n) is 4.56. The van der Waals surface area contributed by atoms with Crippen LogP contribution in [0.1, 0.15) is 6.93 Å². The van der Waals surface area contributed by atoms with E-state index in [-0.39, 0.29) is 23.7 Å². The van der Waals surface area contributed by atoms with Crippen LogP contribution in [0.15, 0.2) is 30.3 Å². The third-order valence-electron chi connectivity index (χ3n) is 2.08. The summed E-state index contributed by atoms with van der Waals surface area (Å²) in [4.78, 5) is 0. The molecule has 3 heteroatoms. The number of terminal acetylenes is 1. The molecule has 2 aromatic rings. The Labute approximate surface area is 94.4 Å². The van der Waals surface area contributed by atoms with E-state index in [1.807, 2.05) is 6.40 Å². The highest BCUT2D eigenvalue weighted by Crippen LogP contribution is 2.24. The van der Waals surface area contributed by atoms with Gasteiger partial charge in [0.2, 0.25) is 0 Å². The summed E-state index contributed by atoms with van der Waals surface area (Å²) >= 11 is 0. The van der Waals surface area contributed by atoms with Crippen LogP contribution >= 0.6 is 12.4 Å². The molecular formula is C12H8ClFO. The fourth-order valence-electron chi connectivity index (χ4n) is 1.42. The molecule has 76 valence electrons. The van der Waals surface area contributed by atoms with Crippen LogP contribution in [0.5, 0.6) is 5.75 Å². The number of benzene rings is 2. The average Bonchev–Trinajstić information content (AvgIpc) is 2.22. The van der Waals surface area contributed by atoms with Crippen molar-refractivity contribution in [2.24, 2.45) is 0 Å². The molecule has 1 nitrogen and oxygen atoms in total. The number of aromatic hydroxyl groups is 1. The van der Waals surface area contributed by atoms with E-state index in [2.05, 4.69) is 5.92 Å². The molecule has 0 spiro atoms. The molecule has 0 aromatic heterocycles. The Bertz CT molecular complexity index is 587. The number of phenols is 1. The minimum absolute atomic E-state index is 0. The average molecular weight is 224 g/mol. The Balaban J connectivity index is 0.00000128. The number of rotatable bonds is 0. The van der Waals surface area contributed by atoms with Crippen molar-refractivity contribution in [1.82, 2.24) is 0 Å². The highest BCUT2D eigenvalue weighted by atomic mass is 35.5. The van der Waals surface area contributed by atoms with Gasteiger partial charge in [-0.15, -0.1) is 18.8 Å². The lowest BCUT2D eigenvalue weighted by Gasteiger charge is -2.02. The third kappa shape index (κ3) is 1.88. The zero-order chi connectivity index (χ0) is 10.8. The van der Waals surface area contributed by atoms with Gasteiger partial charge in [-0.1, -0.05) is 12.0 Å². The minimum atomic E-state index is -0.451. The van der Waals surface area contributed by atoms with Gasteiger partial charge < -0.3 is 5.11 Å². The standard InChI is InChI=1S/C12H7FO.ClH/c1-2-10-11-5-4-9(14)7-8(11)3-6-12(10)13;/h1,3-7,14H;1H/i1D;. The van der Waals surface area contributed by atoms with E-state index in [1.165, 1.54) is 18.2 Å². The Morgan fingerprint density at radius 3 is 2.87 bits per heavy atom. The molecule has 2 aromatic carbocycles. The molecule has 0 saturated carbocycles. The number of hydrogen-bond donors (Lipinski definition) is 1. The molecule has 0 atom stereocenters. The summed E-state index contributed by atoms with van der Waals surface area (Å²) < 4.78 is 20.1. The molecule has 15 heavy (non-hydrogen) atoms. The number of hydrogen-bond acceptors (Lipinski definition) is 1. The highest BCUT2D eigenvalue weighted by molar-refractivity contribution is 5.89. The lowest BCUT2D eigenvalue weighted by atomic mass is 10.0. The van der Waals surface area contributed by atoms with E-state index in [0.29, 0.717) is 10.8 Å². The van der Waals surface area contributed by atoms with Gasteiger partial charge >= 0.3 is 0 Å². The summed E-state index contributed by atoms with van der Waals surface area (Å²) in [6.07, 6.45) is 1.93. The predicted molar refractivity (Wildman–Crippen MR) is 60.8 cm³/mol. The largest absolute Gasteiger partial charge is 0.508 e. The summed E-state index contributed by atoms with van der Waals surface area (Å²) in [7, 11) is 0. The van der Waals surface area contributed by atoms with Crippen LogP contribution in [0.2, 0.25) is 0 Å². The quantitative estimate of drug-likeness (QED) is 0.681. The Kier molecular flexibility index (Phi) is 2.75. The molecule has 2 rings (SSSR count). The molecule has 0 saturated heterocycles. The summed E-state index contributed by atoms with van der Waals surface area (Å²) in [5.41, 5.74) is 0.197. The van der Waals surface area contributed by atoms with Crippen molar-refractivity contribution < 1.29 is 10.9 Å². The normalized spacial score (nSPS) is 9.80. The maximum atomic E-state index is 13.4. The molecule has 0 heterocycles. The van der Waals surface area contributed by atoms with Crippen molar-refractivity contribution in [3.63, 3.8) is 0 Å². The van der Waals surface area contributed by atoms with Crippen LogP contribution in [0.4, 0.5) is 4.39 Å². The van der Waals surface area contributed by atoms with Gasteiger partial charge in [-0.25, -0.2) is 4.39 Å². The maximum Gasteiger partial charge on any atom is 0.139 e. The monoisotopic (exact) mass is 223 g/mol. The molecule has 0 aliphatic rings. The molecule has 0 unspecified atom stereocenters. The summed E-state index contributed by atoms with van der Waals surface area (Å²) in [5, 5.41) is 10.6. The Hall–Kier alpha value is -1.72. The molecule has 0 bridgehead atoms. The molecule has 1 N–H and O–H groups in total. The van der Waals surface area contributed by atoms with Crippen LogP contribution in [0.25, 0.3) is 10.8 Å². The lowest BCUT2D eigenvalue weighted by molar-refractivity contribution is 0.476. The van der Waals surface area contributed by atoms with Crippen molar-refractivity contribution in [1.29, 1.82) is 0 Å². The molecule has 0 aliphatic carbocycles. The van der Waals surface area contributed by atoms with Gasteiger partial charge in [0.05, 0.1) is 5.56 Å². The van der Waals surface area contributed by atoms with E-state index < -0.39 is 5.82 Å². The SMILES string of the molecule is Cl.[2H]C#Cc1c(F)ccc2cc(O)ccc12. The smallest absolute Gasteiger partial charge is 0.139 e. The van der Waals surface area contributed by atoms with Gasteiger partial charge in [0.25, 0.3) is 0 Å². The topological polar surface area (TPSA) is 20.2 Å². The van der Waals surface area contributed by atoms with Gasteiger partial charge in [-0.3, -0.25) is 0 Å². The molecule has 0 amide bonds. The first kappa shape index (κ1) is 9.82.